The van der Waals surface area contributed by atoms with E-state index in [0.717, 1.165) is 5.56 Å². The summed E-state index contributed by atoms with van der Waals surface area (Å²) in [4.78, 5) is 72.0. The van der Waals surface area contributed by atoms with Crippen LogP contribution < -0.4 is 5.32 Å². The van der Waals surface area contributed by atoms with Gasteiger partial charge in [-0.2, -0.15) is 0 Å². The largest absolute Gasteiger partial charge is 0.481 e. The maximum atomic E-state index is 13.7. The van der Waals surface area contributed by atoms with E-state index in [0.29, 0.717) is 38.7 Å². The number of aryl methyl sites for hydroxylation is 1. The third-order valence-electron chi connectivity index (χ3n) is 7.40. The van der Waals surface area contributed by atoms with Crippen molar-refractivity contribution in [2.45, 2.75) is 69.1 Å². The summed E-state index contributed by atoms with van der Waals surface area (Å²) in [5, 5.41) is 14.3. The Hall–Kier alpha value is -3.64. The number of benzene rings is 1. The topological polar surface area (TPSA) is 146 Å². The van der Waals surface area contributed by atoms with Crippen LogP contribution >= 0.6 is 11.3 Å². The van der Waals surface area contributed by atoms with Crippen molar-refractivity contribution in [1.82, 2.24) is 20.1 Å². The molecule has 3 amide bonds. The number of piperazine rings is 1. The normalized spacial score (nSPS) is 21.1. The molecule has 214 valence electrons. The second-order valence-corrected chi connectivity index (χ2v) is 10.9. The standard InChI is InChI=1S/C28H34N4O7S/c1-39-14-5-8-20(25(36)27-29-13-15-40-27)30-26(37)21-11-10-19-17-31(22(16-24(34)35)28(38)32(19)21)23(33)12-9-18-6-3-2-4-7-18/h2-4,6-7,13,15,19-22H,5,8-12,14,16-17H2,1H3,(H,30,37)(H,34,35). The summed E-state index contributed by atoms with van der Waals surface area (Å²) in [5.41, 5.74) is 0.973. The third-order valence-corrected chi connectivity index (χ3v) is 8.19. The van der Waals surface area contributed by atoms with E-state index < -0.39 is 48.4 Å². The Morgan fingerprint density at radius 2 is 1.98 bits per heavy atom. The lowest BCUT2D eigenvalue weighted by Crippen LogP contribution is -2.65. The molecular weight excluding hydrogens is 536 g/mol. The molecule has 0 bridgehead atoms. The molecule has 4 rings (SSSR count). The van der Waals surface area contributed by atoms with Gasteiger partial charge in [-0.25, -0.2) is 4.98 Å². The van der Waals surface area contributed by atoms with Crippen LogP contribution in [0.5, 0.6) is 0 Å². The van der Waals surface area contributed by atoms with E-state index in [4.69, 9.17) is 4.74 Å². The number of rotatable bonds is 13. The molecule has 2 aliphatic rings. The first-order valence-corrected chi connectivity index (χ1v) is 14.3. The summed E-state index contributed by atoms with van der Waals surface area (Å²) in [6.07, 6.45) is 3.31. The number of carboxylic acid groups (broad SMARTS) is 1. The molecule has 2 fully saturated rings. The van der Waals surface area contributed by atoms with Gasteiger partial charge in [0.15, 0.2) is 5.01 Å². The van der Waals surface area contributed by atoms with Crippen LogP contribution in [0.1, 0.15) is 53.9 Å². The number of aliphatic carboxylic acids is 1. The predicted molar refractivity (Wildman–Crippen MR) is 146 cm³/mol. The van der Waals surface area contributed by atoms with Crippen molar-refractivity contribution in [1.29, 1.82) is 0 Å². The maximum Gasteiger partial charge on any atom is 0.305 e. The second kappa shape index (κ2) is 13.6. The number of methoxy groups -OCH3 is 1. The summed E-state index contributed by atoms with van der Waals surface area (Å²) in [7, 11) is 1.56. The molecule has 40 heavy (non-hydrogen) atoms. The number of thiazole rings is 1. The molecule has 0 radical (unpaired) electrons. The number of ether oxygens (including phenoxy) is 1. The van der Waals surface area contributed by atoms with Gasteiger partial charge in [0.2, 0.25) is 23.5 Å². The molecule has 11 nitrogen and oxygen atoms in total. The van der Waals surface area contributed by atoms with Gasteiger partial charge in [-0.3, -0.25) is 24.0 Å². The van der Waals surface area contributed by atoms with Crippen molar-refractivity contribution < 1.29 is 33.8 Å². The average molecular weight is 571 g/mol. The zero-order valence-electron chi connectivity index (χ0n) is 22.4. The van der Waals surface area contributed by atoms with Crippen molar-refractivity contribution >= 4 is 40.8 Å². The number of ketones is 1. The quantitative estimate of drug-likeness (QED) is 0.274. The van der Waals surface area contributed by atoms with Gasteiger partial charge in [0.05, 0.1) is 18.5 Å². The van der Waals surface area contributed by atoms with Gasteiger partial charge in [-0.15, -0.1) is 11.3 Å². The number of amides is 3. The van der Waals surface area contributed by atoms with Gasteiger partial charge in [-0.1, -0.05) is 30.3 Å². The summed E-state index contributed by atoms with van der Waals surface area (Å²) in [5.74, 6) is -2.82. The van der Waals surface area contributed by atoms with Crippen LogP contribution in [0.15, 0.2) is 41.9 Å². The zero-order valence-corrected chi connectivity index (χ0v) is 23.2. The highest BCUT2D eigenvalue weighted by Gasteiger charge is 2.50. The highest BCUT2D eigenvalue weighted by Crippen LogP contribution is 2.32. The van der Waals surface area contributed by atoms with Gasteiger partial charge >= 0.3 is 5.97 Å². The van der Waals surface area contributed by atoms with Gasteiger partial charge in [-0.05, 0) is 37.7 Å². The minimum Gasteiger partial charge on any atom is -0.481 e. The smallest absolute Gasteiger partial charge is 0.305 e. The van der Waals surface area contributed by atoms with Crippen molar-refractivity contribution in [3.05, 3.63) is 52.5 Å². The van der Waals surface area contributed by atoms with Crippen LogP contribution in [0, 0.1) is 0 Å². The maximum absolute atomic E-state index is 13.7. The van der Waals surface area contributed by atoms with Crippen LogP contribution in [0.2, 0.25) is 0 Å². The van der Waals surface area contributed by atoms with Crippen molar-refractivity contribution in [3.8, 4) is 0 Å². The summed E-state index contributed by atoms with van der Waals surface area (Å²) in [6.45, 7) is 0.578. The van der Waals surface area contributed by atoms with Crippen molar-refractivity contribution in [2.24, 2.45) is 0 Å². The molecule has 12 heteroatoms. The van der Waals surface area contributed by atoms with E-state index in [1.165, 1.54) is 27.3 Å². The summed E-state index contributed by atoms with van der Waals surface area (Å²) >= 11 is 1.19. The molecule has 2 aromatic rings. The number of fused-ring (bicyclic) bond motifs is 1. The number of nitrogens with one attached hydrogen (secondary N) is 1. The first-order chi connectivity index (χ1) is 19.3. The fourth-order valence-corrected chi connectivity index (χ4v) is 6.08. The number of aromatic nitrogens is 1. The van der Waals surface area contributed by atoms with E-state index in [2.05, 4.69) is 10.3 Å². The molecule has 2 N–H and O–H groups in total. The molecule has 0 aliphatic carbocycles. The van der Waals surface area contributed by atoms with Crippen LogP contribution in [0.4, 0.5) is 0 Å². The Kier molecular flexibility index (Phi) is 9.99. The van der Waals surface area contributed by atoms with E-state index in [1.54, 1.807) is 12.5 Å². The van der Waals surface area contributed by atoms with Gasteiger partial charge in [0.25, 0.3) is 0 Å². The van der Waals surface area contributed by atoms with Crippen LogP contribution in [0.3, 0.4) is 0 Å². The lowest BCUT2D eigenvalue weighted by molar-refractivity contribution is -0.160. The minimum atomic E-state index is -1.20. The fraction of sp³-hybridized carbons (Fsp3) is 0.500. The van der Waals surface area contributed by atoms with Gasteiger partial charge in [0, 0.05) is 38.3 Å². The Bertz CT molecular complexity index is 1210. The summed E-state index contributed by atoms with van der Waals surface area (Å²) < 4.78 is 5.10. The molecule has 0 spiro atoms. The number of nitrogens with zero attached hydrogens (tertiary/aromatic N) is 3. The van der Waals surface area contributed by atoms with E-state index in [-0.39, 0.29) is 29.7 Å². The highest BCUT2D eigenvalue weighted by atomic mass is 32.1. The van der Waals surface area contributed by atoms with Crippen molar-refractivity contribution in [2.75, 3.05) is 20.3 Å². The Morgan fingerprint density at radius 3 is 2.65 bits per heavy atom. The number of carbonyl (C=O) groups excluding carboxylic acids is 4. The van der Waals surface area contributed by atoms with E-state index in [1.807, 2.05) is 30.3 Å². The van der Waals surface area contributed by atoms with E-state index in [9.17, 15) is 29.1 Å². The molecule has 1 aromatic carbocycles. The number of carboxylic acids is 1. The van der Waals surface area contributed by atoms with Gasteiger partial charge in [0.1, 0.15) is 12.1 Å². The van der Waals surface area contributed by atoms with Crippen LogP contribution in [-0.2, 0) is 30.3 Å². The zero-order chi connectivity index (χ0) is 28.6. The molecule has 2 aliphatic heterocycles. The molecular formula is C28H34N4O7S. The second-order valence-electron chi connectivity index (χ2n) is 10.0. The molecule has 3 heterocycles. The number of carbonyl (C=O) groups is 5. The van der Waals surface area contributed by atoms with Crippen LogP contribution in [0.25, 0.3) is 0 Å². The fourth-order valence-electron chi connectivity index (χ4n) is 5.45. The number of hydrogen-bond donors (Lipinski definition) is 2. The third kappa shape index (κ3) is 6.92. The monoisotopic (exact) mass is 570 g/mol. The predicted octanol–water partition coefficient (Wildman–Crippen LogP) is 1.92. The molecule has 0 saturated carbocycles. The molecule has 2 saturated heterocycles. The molecule has 1 aromatic heterocycles. The molecule has 4 atom stereocenters. The Morgan fingerprint density at radius 1 is 1.20 bits per heavy atom. The first kappa shape index (κ1) is 29.3. The SMILES string of the molecule is COCCCC(NC(=O)C1CCC2CN(C(=O)CCc3ccccc3)C(CC(=O)O)C(=O)N21)C(=O)c1nccs1. The first-order valence-electron chi connectivity index (χ1n) is 13.4. The van der Waals surface area contributed by atoms with Gasteiger partial charge < -0.3 is 25.0 Å². The summed E-state index contributed by atoms with van der Waals surface area (Å²) in [6, 6.07) is 6.17. The Labute approximate surface area is 236 Å². The van der Waals surface area contributed by atoms with E-state index >= 15 is 0 Å². The minimum absolute atomic E-state index is 0.145. The lowest BCUT2D eigenvalue weighted by atomic mass is 10.0. The highest BCUT2D eigenvalue weighted by molar-refractivity contribution is 7.11. The van der Waals surface area contributed by atoms with Crippen LogP contribution in [-0.4, -0.2) is 93.8 Å². The molecule has 4 unspecified atom stereocenters. The lowest BCUT2D eigenvalue weighted by Gasteiger charge is -2.44. The average Bonchev–Trinajstić information content (AvgIpc) is 3.63. The Balaban J connectivity index is 1.47. The number of hydrogen-bond acceptors (Lipinski definition) is 8. The number of Topliss-reactive ketones (excluding diaryl/α,β-unsaturated/α-hetero) is 1. The van der Waals surface area contributed by atoms with Crippen molar-refractivity contribution in [3.63, 3.8) is 0 Å².